The predicted octanol–water partition coefficient (Wildman–Crippen LogP) is 5.14. The summed E-state index contributed by atoms with van der Waals surface area (Å²) in [4.78, 5) is 24.7. The van der Waals surface area contributed by atoms with Gasteiger partial charge in [-0.05, 0) is 42.3 Å². The fourth-order valence-corrected chi connectivity index (χ4v) is 3.06. The van der Waals surface area contributed by atoms with Gasteiger partial charge in [-0.25, -0.2) is 0 Å². The molecule has 0 aliphatic carbocycles. The van der Waals surface area contributed by atoms with Crippen LogP contribution in [0.2, 0.25) is 0 Å². The van der Waals surface area contributed by atoms with Crippen molar-refractivity contribution in [3.63, 3.8) is 0 Å². The molecule has 2 amide bonds. The Labute approximate surface area is 176 Å². The number of nitrogens with one attached hydrogen (secondary N) is 2. The molecule has 152 valence electrons. The third-order valence-corrected chi connectivity index (χ3v) is 4.57. The summed E-state index contributed by atoms with van der Waals surface area (Å²) in [7, 11) is 1.60. The van der Waals surface area contributed by atoms with Gasteiger partial charge in [0.2, 0.25) is 5.91 Å². The number of hydrogen-bond donors (Lipinski definition) is 2. The van der Waals surface area contributed by atoms with E-state index in [1.165, 1.54) is 6.92 Å². The molecule has 0 saturated carbocycles. The summed E-state index contributed by atoms with van der Waals surface area (Å²) in [5.41, 5.74) is 4.26. The number of aryl methyl sites for hydroxylation is 1. The Hall–Kier alpha value is -3.86. The summed E-state index contributed by atoms with van der Waals surface area (Å²) in [6.07, 6.45) is 1.81. The second-order valence-electron chi connectivity index (χ2n) is 6.83. The van der Waals surface area contributed by atoms with Crippen LogP contribution in [-0.4, -0.2) is 18.9 Å². The highest BCUT2D eigenvalue weighted by Crippen LogP contribution is 2.27. The number of para-hydroxylation sites is 1. The predicted molar refractivity (Wildman–Crippen MR) is 121 cm³/mol. The first-order chi connectivity index (χ1) is 14.5. The first-order valence-electron chi connectivity index (χ1n) is 9.57. The van der Waals surface area contributed by atoms with E-state index in [-0.39, 0.29) is 11.8 Å². The maximum absolute atomic E-state index is 13.2. The van der Waals surface area contributed by atoms with Crippen molar-refractivity contribution in [2.45, 2.75) is 13.8 Å². The molecule has 3 aromatic rings. The number of benzene rings is 3. The highest BCUT2D eigenvalue weighted by Gasteiger charge is 2.14. The Morgan fingerprint density at radius 2 is 1.60 bits per heavy atom. The van der Waals surface area contributed by atoms with Crippen molar-refractivity contribution in [2.75, 3.05) is 17.7 Å². The van der Waals surface area contributed by atoms with Gasteiger partial charge in [0.1, 0.15) is 5.75 Å². The zero-order chi connectivity index (χ0) is 21.5. The van der Waals surface area contributed by atoms with Crippen LogP contribution < -0.4 is 15.4 Å². The molecular formula is C25H24N2O3. The van der Waals surface area contributed by atoms with Gasteiger partial charge in [-0.1, -0.05) is 54.6 Å². The van der Waals surface area contributed by atoms with Crippen LogP contribution in [-0.2, 0) is 9.59 Å². The molecule has 0 radical (unpaired) electrons. The number of carbonyl (C=O) groups excluding carboxylic acids is 2. The molecule has 0 unspecified atom stereocenters. The Bertz CT molecular complexity index is 1090. The summed E-state index contributed by atoms with van der Waals surface area (Å²) < 4.78 is 5.43. The average Bonchev–Trinajstić information content (AvgIpc) is 2.74. The number of methoxy groups -OCH3 is 1. The summed E-state index contributed by atoms with van der Waals surface area (Å²) in [6, 6.07) is 22.4. The molecule has 5 nitrogen and oxygen atoms in total. The molecule has 0 aromatic heterocycles. The highest BCUT2D eigenvalue weighted by molar-refractivity contribution is 6.29. The van der Waals surface area contributed by atoms with Gasteiger partial charge >= 0.3 is 0 Å². The summed E-state index contributed by atoms with van der Waals surface area (Å²) in [6.45, 7) is 3.35. The Morgan fingerprint density at radius 3 is 2.30 bits per heavy atom. The Balaban J connectivity index is 1.98. The number of carbonyl (C=O) groups is 2. The maximum Gasteiger partial charge on any atom is 0.256 e. The van der Waals surface area contributed by atoms with Gasteiger partial charge < -0.3 is 15.4 Å². The largest absolute Gasteiger partial charge is 0.496 e. The molecule has 0 fully saturated rings. The molecule has 3 aromatic carbocycles. The molecule has 0 spiro atoms. The second-order valence-corrected chi connectivity index (χ2v) is 6.83. The topological polar surface area (TPSA) is 67.4 Å². The van der Waals surface area contributed by atoms with Crippen LogP contribution in [0, 0.1) is 6.92 Å². The molecular weight excluding hydrogens is 376 g/mol. The molecule has 2 N–H and O–H groups in total. The van der Waals surface area contributed by atoms with E-state index in [2.05, 4.69) is 10.6 Å². The van der Waals surface area contributed by atoms with Gasteiger partial charge in [-0.2, -0.15) is 0 Å². The fraction of sp³-hybridized carbons (Fsp3) is 0.120. The smallest absolute Gasteiger partial charge is 0.256 e. The SMILES string of the molecule is COc1ccccc1/C=C(/C(=O)Nc1ccc(C)c(NC(C)=O)c1)c1ccccc1. The molecule has 0 atom stereocenters. The minimum absolute atomic E-state index is 0.164. The minimum Gasteiger partial charge on any atom is -0.496 e. The minimum atomic E-state index is -0.260. The number of rotatable bonds is 6. The Kier molecular flexibility index (Phi) is 6.65. The van der Waals surface area contributed by atoms with Gasteiger partial charge in [0.25, 0.3) is 5.91 Å². The van der Waals surface area contributed by atoms with Crippen molar-refractivity contribution in [2.24, 2.45) is 0 Å². The lowest BCUT2D eigenvalue weighted by Crippen LogP contribution is -2.14. The van der Waals surface area contributed by atoms with E-state index >= 15 is 0 Å². The zero-order valence-corrected chi connectivity index (χ0v) is 17.2. The van der Waals surface area contributed by atoms with Crippen LogP contribution >= 0.6 is 0 Å². The zero-order valence-electron chi connectivity index (χ0n) is 17.2. The lowest BCUT2D eigenvalue weighted by molar-refractivity contribution is -0.114. The van der Waals surface area contributed by atoms with Crippen molar-refractivity contribution in [3.8, 4) is 5.75 Å². The van der Waals surface area contributed by atoms with E-state index < -0.39 is 0 Å². The summed E-state index contributed by atoms with van der Waals surface area (Å²) >= 11 is 0. The van der Waals surface area contributed by atoms with Crippen LogP contribution in [0.3, 0.4) is 0 Å². The van der Waals surface area contributed by atoms with E-state index in [0.29, 0.717) is 22.7 Å². The molecule has 30 heavy (non-hydrogen) atoms. The summed E-state index contributed by atoms with van der Waals surface area (Å²) in [5.74, 6) is 0.259. The van der Waals surface area contributed by atoms with E-state index in [9.17, 15) is 9.59 Å². The third-order valence-electron chi connectivity index (χ3n) is 4.57. The monoisotopic (exact) mass is 400 g/mol. The van der Waals surface area contributed by atoms with Gasteiger partial charge in [-0.15, -0.1) is 0 Å². The molecule has 0 aliphatic rings. The first kappa shape index (κ1) is 20.9. The van der Waals surface area contributed by atoms with Crippen molar-refractivity contribution in [3.05, 3.63) is 89.5 Å². The van der Waals surface area contributed by atoms with Crippen molar-refractivity contribution < 1.29 is 14.3 Å². The molecule has 0 aliphatic heterocycles. The fourth-order valence-electron chi connectivity index (χ4n) is 3.06. The van der Waals surface area contributed by atoms with Crippen LogP contribution in [0.1, 0.15) is 23.6 Å². The summed E-state index contributed by atoms with van der Waals surface area (Å²) in [5, 5.41) is 5.72. The quantitative estimate of drug-likeness (QED) is 0.445. The first-order valence-corrected chi connectivity index (χ1v) is 9.57. The molecule has 3 rings (SSSR count). The van der Waals surface area contributed by atoms with E-state index in [1.54, 1.807) is 13.2 Å². The van der Waals surface area contributed by atoms with E-state index in [0.717, 1.165) is 16.7 Å². The van der Waals surface area contributed by atoms with Crippen LogP contribution in [0.15, 0.2) is 72.8 Å². The van der Waals surface area contributed by atoms with Crippen LogP contribution in [0.25, 0.3) is 11.6 Å². The number of hydrogen-bond acceptors (Lipinski definition) is 3. The number of anilines is 2. The molecule has 0 heterocycles. The molecule has 0 bridgehead atoms. The number of ether oxygens (including phenoxy) is 1. The van der Waals surface area contributed by atoms with Gasteiger partial charge in [0.05, 0.1) is 7.11 Å². The maximum atomic E-state index is 13.2. The van der Waals surface area contributed by atoms with Crippen LogP contribution in [0.5, 0.6) is 5.75 Å². The van der Waals surface area contributed by atoms with Gasteiger partial charge in [-0.3, -0.25) is 9.59 Å². The highest BCUT2D eigenvalue weighted by atomic mass is 16.5. The molecule has 0 saturated heterocycles. The van der Waals surface area contributed by atoms with E-state index in [4.69, 9.17) is 4.74 Å². The molecule has 5 heteroatoms. The number of amides is 2. The van der Waals surface area contributed by atoms with E-state index in [1.807, 2.05) is 79.7 Å². The van der Waals surface area contributed by atoms with Crippen molar-refractivity contribution in [1.29, 1.82) is 0 Å². The van der Waals surface area contributed by atoms with Gasteiger partial charge in [0.15, 0.2) is 0 Å². The van der Waals surface area contributed by atoms with Crippen LogP contribution in [0.4, 0.5) is 11.4 Å². The lowest BCUT2D eigenvalue weighted by Gasteiger charge is -2.13. The van der Waals surface area contributed by atoms with Crippen molar-refractivity contribution >= 4 is 34.8 Å². The van der Waals surface area contributed by atoms with Crippen molar-refractivity contribution in [1.82, 2.24) is 0 Å². The third kappa shape index (κ3) is 5.14. The second kappa shape index (κ2) is 9.56. The lowest BCUT2D eigenvalue weighted by atomic mass is 10.0. The standard InChI is InChI=1S/C25H24N2O3/c1-17-13-14-21(16-23(17)26-18(2)28)27-25(29)22(19-9-5-4-6-10-19)15-20-11-7-8-12-24(20)30-3/h4-16H,1-3H3,(H,26,28)(H,27,29)/b22-15+. The Morgan fingerprint density at radius 1 is 0.900 bits per heavy atom. The average molecular weight is 400 g/mol. The normalized spacial score (nSPS) is 11.0. The van der Waals surface area contributed by atoms with Gasteiger partial charge in [0, 0.05) is 29.4 Å².